The number of halogens is 1. The molecular weight excluding hydrogens is 344 g/mol. The van der Waals surface area contributed by atoms with Gasteiger partial charge in [0.15, 0.2) is 6.10 Å². The third-order valence-electron chi connectivity index (χ3n) is 2.49. The molecule has 0 bridgehead atoms. The zero-order valence-corrected chi connectivity index (χ0v) is 13.4. The first-order chi connectivity index (χ1) is 9.85. The molecule has 0 saturated heterocycles. The zero-order valence-electron chi connectivity index (χ0n) is 11.8. The van der Waals surface area contributed by atoms with E-state index in [2.05, 4.69) is 20.7 Å². The zero-order chi connectivity index (χ0) is 16.0. The Morgan fingerprint density at radius 1 is 1.00 bits per heavy atom. The van der Waals surface area contributed by atoms with Crippen LogP contribution in [0.1, 0.15) is 25.5 Å². The summed E-state index contributed by atoms with van der Waals surface area (Å²) in [4.78, 5) is 34.3. The number of ether oxygens (including phenoxy) is 3. The van der Waals surface area contributed by atoms with Crippen LogP contribution in [-0.2, 0) is 28.6 Å². The summed E-state index contributed by atoms with van der Waals surface area (Å²) in [6.45, 7) is 2.36. The second kappa shape index (κ2) is 7.78. The molecule has 1 rings (SSSR count). The minimum atomic E-state index is -1.36. The molecule has 0 heterocycles. The highest BCUT2D eigenvalue weighted by atomic mass is 79.9. The summed E-state index contributed by atoms with van der Waals surface area (Å²) in [6.07, 6.45) is -2.44. The van der Waals surface area contributed by atoms with E-state index in [4.69, 9.17) is 9.47 Å². The molecule has 7 heteroatoms. The van der Waals surface area contributed by atoms with Crippen molar-refractivity contribution in [2.24, 2.45) is 0 Å². The van der Waals surface area contributed by atoms with Gasteiger partial charge in [-0.2, -0.15) is 0 Å². The highest BCUT2D eigenvalue weighted by molar-refractivity contribution is 9.10. The Hall–Kier alpha value is -1.89. The van der Waals surface area contributed by atoms with Crippen molar-refractivity contribution in [1.29, 1.82) is 0 Å². The number of rotatable bonds is 5. The fourth-order valence-electron chi connectivity index (χ4n) is 1.66. The Balaban J connectivity index is 3.18. The maximum atomic E-state index is 11.8. The third-order valence-corrected chi connectivity index (χ3v) is 3.02. The van der Waals surface area contributed by atoms with Crippen LogP contribution in [0.25, 0.3) is 0 Å². The number of benzene rings is 1. The fourth-order valence-corrected chi connectivity index (χ4v) is 1.93. The Morgan fingerprint density at radius 2 is 1.52 bits per heavy atom. The highest BCUT2D eigenvalue weighted by Gasteiger charge is 2.36. The Kier molecular flexibility index (Phi) is 6.36. The molecule has 21 heavy (non-hydrogen) atoms. The molecule has 0 aliphatic heterocycles. The predicted molar refractivity (Wildman–Crippen MR) is 76.2 cm³/mol. The van der Waals surface area contributed by atoms with E-state index in [1.165, 1.54) is 6.92 Å². The maximum absolute atomic E-state index is 11.8. The van der Waals surface area contributed by atoms with Crippen molar-refractivity contribution in [2.75, 3.05) is 7.11 Å². The minimum absolute atomic E-state index is 0.505. The van der Waals surface area contributed by atoms with Crippen molar-refractivity contribution >= 4 is 33.8 Å². The van der Waals surface area contributed by atoms with Crippen LogP contribution < -0.4 is 0 Å². The fraction of sp³-hybridized carbons (Fsp3) is 0.357. The molecule has 6 nitrogen and oxygen atoms in total. The van der Waals surface area contributed by atoms with Crippen molar-refractivity contribution in [1.82, 2.24) is 0 Å². The second-order valence-corrected chi connectivity index (χ2v) is 5.05. The van der Waals surface area contributed by atoms with Gasteiger partial charge in [-0.3, -0.25) is 9.59 Å². The summed E-state index contributed by atoms with van der Waals surface area (Å²) in [5, 5.41) is 0. The van der Waals surface area contributed by atoms with Crippen molar-refractivity contribution in [3.05, 3.63) is 34.3 Å². The Labute approximate surface area is 130 Å². The summed E-state index contributed by atoms with van der Waals surface area (Å²) >= 11 is 3.28. The maximum Gasteiger partial charge on any atom is 0.351 e. The van der Waals surface area contributed by atoms with Gasteiger partial charge in [0.25, 0.3) is 0 Å². The SMILES string of the molecule is COC(=O)[C@@H](OC(C)=O)[C@H](OC(C)=O)c1ccc(Br)cc1. The van der Waals surface area contributed by atoms with Gasteiger partial charge in [0.2, 0.25) is 6.10 Å². The number of methoxy groups -OCH3 is 1. The van der Waals surface area contributed by atoms with Gasteiger partial charge in [-0.05, 0) is 17.7 Å². The van der Waals surface area contributed by atoms with Gasteiger partial charge in [0, 0.05) is 18.3 Å². The van der Waals surface area contributed by atoms with Gasteiger partial charge in [0.05, 0.1) is 7.11 Å². The van der Waals surface area contributed by atoms with Crippen LogP contribution >= 0.6 is 15.9 Å². The van der Waals surface area contributed by atoms with Crippen LogP contribution in [0.3, 0.4) is 0 Å². The first-order valence-corrected chi connectivity index (χ1v) is 6.82. The molecule has 2 atom stereocenters. The molecule has 1 aromatic carbocycles. The lowest BCUT2D eigenvalue weighted by molar-refractivity contribution is -0.180. The van der Waals surface area contributed by atoms with Gasteiger partial charge >= 0.3 is 17.9 Å². The van der Waals surface area contributed by atoms with E-state index >= 15 is 0 Å². The van der Waals surface area contributed by atoms with Crippen LogP contribution in [0.2, 0.25) is 0 Å². The lowest BCUT2D eigenvalue weighted by Crippen LogP contribution is -2.36. The highest BCUT2D eigenvalue weighted by Crippen LogP contribution is 2.26. The number of esters is 3. The quantitative estimate of drug-likeness (QED) is 0.592. The molecule has 0 spiro atoms. The second-order valence-electron chi connectivity index (χ2n) is 4.13. The van der Waals surface area contributed by atoms with E-state index < -0.39 is 30.1 Å². The largest absolute Gasteiger partial charge is 0.466 e. The van der Waals surface area contributed by atoms with Crippen molar-refractivity contribution in [3.63, 3.8) is 0 Å². The van der Waals surface area contributed by atoms with E-state index in [0.717, 1.165) is 18.5 Å². The molecule has 1 aromatic rings. The molecule has 0 N–H and O–H groups in total. The predicted octanol–water partition coefficient (Wildman–Crippen LogP) is 2.16. The molecule has 0 aliphatic carbocycles. The smallest absolute Gasteiger partial charge is 0.351 e. The molecular formula is C14H15BrO6. The number of hydrogen-bond acceptors (Lipinski definition) is 6. The van der Waals surface area contributed by atoms with Gasteiger partial charge < -0.3 is 14.2 Å². The standard InChI is InChI=1S/C14H15BrO6/c1-8(16)20-12(10-4-6-11(15)7-5-10)13(14(18)19-3)21-9(2)17/h4-7,12-13H,1-3H3/t12-,13+/m1/s1. The van der Waals surface area contributed by atoms with Crippen molar-refractivity contribution in [2.45, 2.75) is 26.1 Å². The lowest BCUT2D eigenvalue weighted by Gasteiger charge is -2.24. The van der Waals surface area contributed by atoms with Crippen LogP contribution in [-0.4, -0.2) is 31.1 Å². The molecule has 0 saturated carbocycles. The molecule has 0 unspecified atom stereocenters. The van der Waals surface area contributed by atoms with Crippen molar-refractivity contribution in [3.8, 4) is 0 Å². The first kappa shape index (κ1) is 17.2. The topological polar surface area (TPSA) is 78.9 Å². The summed E-state index contributed by atoms with van der Waals surface area (Å²) in [7, 11) is 1.16. The summed E-state index contributed by atoms with van der Waals surface area (Å²) in [6, 6.07) is 6.73. The van der Waals surface area contributed by atoms with E-state index in [1.54, 1.807) is 24.3 Å². The molecule has 0 amide bonds. The Morgan fingerprint density at radius 3 is 1.95 bits per heavy atom. The monoisotopic (exact) mass is 358 g/mol. The van der Waals surface area contributed by atoms with Crippen LogP contribution in [0.5, 0.6) is 0 Å². The van der Waals surface area contributed by atoms with E-state index in [-0.39, 0.29) is 0 Å². The van der Waals surface area contributed by atoms with Gasteiger partial charge in [-0.1, -0.05) is 28.1 Å². The number of hydrogen-bond donors (Lipinski definition) is 0. The molecule has 0 aliphatic rings. The molecule has 114 valence electrons. The Bertz CT molecular complexity index is 525. The number of carbonyl (C=O) groups excluding carboxylic acids is 3. The van der Waals surface area contributed by atoms with E-state index in [0.29, 0.717) is 5.56 Å². The van der Waals surface area contributed by atoms with E-state index in [9.17, 15) is 14.4 Å². The van der Waals surface area contributed by atoms with Crippen LogP contribution in [0, 0.1) is 0 Å². The van der Waals surface area contributed by atoms with Gasteiger partial charge in [-0.15, -0.1) is 0 Å². The number of carbonyl (C=O) groups is 3. The normalized spacial score (nSPS) is 13.0. The van der Waals surface area contributed by atoms with Gasteiger partial charge in [0.1, 0.15) is 0 Å². The molecule has 0 fully saturated rings. The van der Waals surface area contributed by atoms with Crippen LogP contribution in [0.15, 0.2) is 28.7 Å². The average molecular weight is 359 g/mol. The molecule has 0 radical (unpaired) electrons. The summed E-state index contributed by atoms with van der Waals surface area (Å²) in [5.74, 6) is -2.09. The minimum Gasteiger partial charge on any atom is -0.466 e. The first-order valence-electron chi connectivity index (χ1n) is 6.03. The molecule has 0 aromatic heterocycles. The van der Waals surface area contributed by atoms with Crippen LogP contribution in [0.4, 0.5) is 0 Å². The van der Waals surface area contributed by atoms with Gasteiger partial charge in [-0.25, -0.2) is 4.79 Å². The van der Waals surface area contributed by atoms with Crippen molar-refractivity contribution < 1.29 is 28.6 Å². The summed E-state index contributed by atoms with van der Waals surface area (Å²) in [5.41, 5.74) is 0.505. The lowest BCUT2D eigenvalue weighted by atomic mass is 10.0. The third kappa shape index (κ3) is 5.18. The van der Waals surface area contributed by atoms with E-state index in [1.807, 2.05) is 0 Å². The summed E-state index contributed by atoms with van der Waals surface area (Å²) < 4.78 is 15.5. The average Bonchev–Trinajstić information content (AvgIpc) is 2.42.